The number of hydrogen-bond donors (Lipinski definition) is 1. The third-order valence-electron chi connectivity index (χ3n) is 5.11. The lowest BCUT2D eigenvalue weighted by Gasteiger charge is -2.31. The first-order valence-corrected chi connectivity index (χ1v) is 9.52. The summed E-state index contributed by atoms with van der Waals surface area (Å²) in [6.45, 7) is 7.38. The van der Waals surface area contributed by atoms with Gasteiger partial charge in [-0.05, 0) is 38.0 Å². The highest BCUT2D eigenvalue weighted by Crippen LogP contribution is 2.26. The fourth-order valence-electron chi connectivity index (χ4n) is 3.65. The molecular formula is C19H27ClN4O. The predicted octanol–water partition coefficient (Wildman–Crippen LogP) is 3.11. The van der Waals surface area contributed by atoms with Crippen LogP contribution in [0.2, 0.25) is 5.02 Å². The van der Waals surface area contributed by atoms with Gasteiger partial charge >= 0.3 is 0 Å². The van der Waals surface area contributed by atoms with Crippen LogP contribution in [0.1, 0.15) is 45.0 Å². The van der Waals surface area contributed by atoms with Gasteiger partial charge in [0, 0.05) is 37.7 Å². The molecule has 1 aliphatic rings. The highest BCUT2D eigenvalue weighted by molar-refractivity contribution is 6.31. The molecule has 1 N–H and O–H groups in total. The second kappa shape index (κ2) is 7.85. The Balaban J connectivity index is 2.05. The summed E-state index contributed by atoms with van der Waals surface area (Å²) in [6.07, 6.45) is 3.16. The minimum Gasteiger partial charge on any atom is -0.313 e. The van der Waals surface area contributed by atoms with Gasteiger partial charge in [0.2, 0.25) is 0 Å². The molecule has 1 saturated heterocycles. The Hall–Kier alpha value is -1.43. The van der Waals surface area contributed by atoms with E-state index in [4.69, 9.17) is 16.6 Å². The Kier molecular flexibility index (Phi) is 5.77. The molecule has 1 aromatic heterocycles. The maximum absolute atomic E-state index is 12.8. The third kappa shape index (κ3) is 3.89. The van der Waals surface area contributed by atoms with Gasteiger partial charge in [0.05, 0.1) is 16.9 Å². The first-order chi connectivity index (χ1) is 12.0. The van der Waals surface area contributed by atoms with Crippen molar-refractivity contribution in [3.8, 4) is 0 Å². The van der Waals surface area contributed by atoms with Gasteiger partial charge in [-0.2, -0.15) is 0 Å². The molecule has 1 unspecified atom stereocenters. The van der Waals surface area contributed by atoms with E-state index in [1.165, 1.54) is 0 Å². The Bertz CT molecular complexity index is 804. The van der Waals surface area contributed by atoms with Gasteiger partial charge in [-0.15, -0.1) is 0 Å². The van der Waals surface area contributed by atoms with Crippen LogP contribution in [-0.2, 0) is 7.05 Å². The van der Waals surface area contributed by atoms with Gasteiger partial charge < -0.3 is 5.32 Å². The number of fused-ring (bicyclic) bond motifs is 1. The van der Waals surface area contributed by atoms with Crippen molar-refractivity contribution in [1.82, 2.24) is 19.8 Å². The van der Waals surface area contributed by atoms with Gasteiger partial charge in [0.25, 0.3) is 5.56 Å². The van der Waals surface area contributed by atoms with Crippen molar-refractivity contribution in [1.29, 1.82) is 0 Å². The quantitative estimate of drug-likeness (QED) is 0.907. The number of nitrogens with zero attached hydrogens (tertiary/aromatic N) is 3. The molecule has 0 amide bonds. The predicted molar refractivity (Wildman–Crippen MR) is 103 cm³/mol. The molecule has 1 fully saturated rings. The van der Waals surface area contributed by atoms with Crippen molar-refractivity contribution in [3.63, 3.8) is 0 Å². The molecule has 6 heteroatoms. The zero-order chi connectivity index (χ0) is 18.0. The van der Waals surface area contributed by atoms with Crippen LogP contribution >= 0.6 is 11.6 Å². The Morgan fingerprint density at radius 2 is 2.20 bits per heavy atom. The third-order valence-corrected chi connectivity index (χ3v) is 5.35. The molecule has 25 heavy (non-hydrogen) atoms. The van der Waals surface area contributed by atoms with Gasteiger partial charge in [-0.3, -0.25) is 14.3 Å². The van der Waals surface area contributed by atoms with Crippen molar-refractivity contribution in [2.75, 3.05) is 19.6 Å². The summed E-state index contributed by atoms with van der Waals surface area (Å²) in [5.74, 6) is 0.858. The monoisotopic (exact) mass is 362 g/mol. The second-order valence-electron chi connectivity index (χ2n) is 6.98. The van der Waals surface area contributed by atoms with E-state index in [1.807, 2.05) is 13.1 Å². The summed E-state index contributed by atoms with van der Waals surface area (Å²) in [6, 6.07) is 6.05. The van der Waals surface area contributed by atoms with Crippen LogP contribution in [0.5, 0.6) is 0 Å². The van der Waals surface area contributed by atoms with Crippen LogP contribution in [0.4, 0.5) is 0 Å². The van der Waals surface area contributed by atoms with Crippen LogP contribution in [0, 0.1) is 0 Å². The Labute approximate surface area is 154 Å². The van der Waals surface area contributed by atoms with Crippen molar-refractivity contribution in [2.24, 2.45) is 7.05 Å². The van der Waals surface area contributed by atoms with E-state index in [0.717, 1.165) is 50.2 Å². The highest BCUT2D eigenvalue weighted by atomic mass is 35.5. The summed E-state index contributed by atoms with van der Waals surface area (Å²) >= 11 is 6.06. The number of rotatable bonds is 4. The number of benzene rings is 1. The Morgan fingerprint density at radius 3 is 2.96 bits per heavy atom. The van der Waals surface area contributed by atoms with Crippen LogP contribution in [0.15, 0.2) is 23.0 Å². The van der Waals surface area contributed by atoms with Crippen LogP contribution < -0.4 is 10.9 Å². The van der Waals surface area contributed by atoms with Gasteiger partial charge in [0.1, 0.15) is 5.82 Å². The first-order valence-electron chi connectivity index (χ1n) is 9.15. The van der Waals surface area contributed by atoms with Gasteiger partial charge in [0.15, 0.2) is 0 Å². The lowest BCUT2D eigenvalue weighted by molar-refractivity contribution is 0.186. The van der Waals surface area contributed by atoms with Gasteiger partial charge in [-0.25, -0.2) is 4.98 Å². The molecule has 136 valence electrons. The van der Waals surface area contributed by atoms with Crippen molar-refractivity contribution >= 4 is 22.5 Å². The van der Waals surface area contributed by atoms with Crippen LogP contribution in [-0.4, -0.2) is 40.1 Å². The topological polar surface area (TPSA) is 50.2 Å². The van der Waals surface area contributed by atoms with Crippen molar-refractivity contribution in [2.45, 2.75) is 45.2 Å². The molecule has 2 aromatic rings. The fraction of sp³-hybridized carbons (Fsp3) is 0.579. The molecule has 1 aliphatic heterocycles. The number of aromatic nitrogens is 2. The zero-order valence-electron chi connectivity index (χ0n) is 15.3. The van der Waals surface area contributed by atoms with Crippen LogP contribution in [0.3, 0.4) is 0 Å². The van der Waals surface area contributed by atoms with E-state index in [1.54, 1.807) is 16.7 Å². The summed E-state index contributed by atoms with van der Waals surface area (Å²) in [4.78, 5) is 20.2. The molecule has 0 spiro atoms. The van der Waals surface area contributed by atoms with Crippen LogP contribution in [0.25, 0.3) is 10.9 Å². The zero-order valence-corrected chi connectivity index (χ0v) is 16.0. The lowest BCUT2D eigenvalue weighted by Crippen LogP contribution is -2.36. The van der Waals surface area contributed by atoms with E-state index >= 15 is 0 Å². The standard InChI is InChI=1S/C19H27ClN4O/c1-4-5-17(24-10-8-13(2)21-9-11-24)18-22-16-7-6-14(20)12-15(16)19(25)23(18)3/h6-7,12-13,17,21H,4-5,8-11H2,1-3H3/t13-,17?/m0/s1. The average molecular weight is 363 g/mol. The normalized spacial score (nSPS) is 20.6. The minimum atomic E-state index is -0.0232. The van der Waals surface area contributed by atoms with E-state index in [9.17, 15) is 4.79 Å². The van der Waals surface area contributed by atoms with E-state index < -0.39 is 0 Å². The van der Waals surface area contributed by atoms with Crippen molar-refractivity contribution in [3.05, 3.63) is 39.4 Å². The molecule has 0 saturated carbocycles. The van der Waals surface area contributed by atoms with E-state index in [2.05, 4.69) is 24.1 Å². The first kappa shape index (κ1) is 18.4. The molecule has 3 rings (SSSR count). The van der Waals surface area contributed by atoms with E-state index in [-0.39, 0.29) is 11.6 Å². The van der Waals surface area contributed by atoms with E-state index in [0.29, 0.717) is 16.5 Å². The second-order valence-corrected chi connectivity index (χ2v) is 7.42. The molecule has 0 aliphatic carbocycles. The molecule has 2 heterocycles. The summed E-state index contributed by atoms with van der Waals surface area (Å²) in [5, 5.41) is 4.69. The number of halogens is 1. The van der Waals surface area contributed by atoms with Gasteiger partial charge in [-0.1, -0.05) is 24.9 Å². The maximum Gasteiger partial charge on any atom is 0.261 e. The summed E-state index contributed by atoms with van der Waals surface area (Å²) in [7, 11) is 1.83. The average Bonchev–Trinajstić information content (AvgIpc) is 2.81. The summed E-state index contributed by atoms with van der Waals surface area (Å²) in [5.41, 5.74) is 0.704. The summed E-state index contributed by atoms with van der Waals surface area (Å²) < 4.78 is 1.71. The minimum absolute atomic E-state index is 0.0232. The number of nitrogens with one attached hydrogen (secondary N) is 1. The lowest BCUT2D eigenvalue weighted by atomic mass is 10.1. The largest absolute Gasteiger partial charge is 0.313 e. The smallest absolute Gasteiger partial charge is 0.261 e. The fourth-order valence-corrected chi connectivity index (χ4v) is 3.82. The molecule has 0 bridgehead atoms. The maximum atomic E-state index is 12.8. The molecule has 5 nitrogen and oxygen atoms in total. The molecule has 2 atom stereocenters. The molecule has 0 radical (unpaired) electrons. The highest BCUT2D eigenvalue weighted by Gasteiger charge is 2.26. The SMILES string of the molecule is CCCC(c1nc2ccc(Cl)cc2c(=O)n1C)N1CCN[C@@H](C)CC1. The molecule has 1 aromatic carbocycles. The van der Waals surface area contributed by atoms with Crippen molar-refractivity contribution < 1.29 is 0 Å². The Morgan fingerprint density at radius 1 is 1.40 bits per heavy atom. The molecular weight excluding hydrogens is 336 g/mol. The number of hydrogen-bond acceptors (Lipinski definition) is 4.